The van der Waals surface area contributed by atoms with Crippen LogP contribution in [0.15, 0.2) is 61.1 Å². The number of nitrogens with zero attached hydrogens (tertiary/aromatic N) is 4. The third kappa shape index (κ3) is 2.37. The summed E-state index contributed by atoms with van der Waals surface area (Å²) in [5.74, 6) is 1.25. The second kappa shape index (κ2) is 5.25. The molecule has 2 N–H and O–H groups in total. The number of nitrogens with one attached hydrogen (secondary N) is 2. The topological polar surface area (TPSA) is 79.4 Å². The van der Waals surface area contributed by atoms with Gasteiger partial charge in [-0.25, -0.2) is 9.97 Å². The van der Waals surface area contributed by atoms with E-state index in [0.29, 0.717) is 11.6 Å². The molecule has 0 fully saturated rings. The molecule has 0 aliphatic carbocycles. The van der Waals surface area contributed by atoms with E-state index in [-0.39, 0.29) is 0 Å². The Labute approximate surface area is 126 Å². The minimum absolute atomic E-state index is 0.517. The van der Waals surface area contributed by atoms with E-state index in [1.54, 1.807) is 18.6 Å². The van der Waals surface area contributed by atoms with Crippen LogP contribution in [0.1, 0.15) is 0 Å². The van der Waals surface area contributed by atoms with Crippen molar-refractivity contribution in [1.29, 1.82) is 0 Å². The summed E-state index contributed by atoms with van der Waals surface area (Å²) < 4.78 is 0. The van der Waals surface area contributed by atoms with Gasteiger partial charge in [-0.15, -0.1) is 0 Å². The van der Waals surface area contributed by atoms with Gasteiger partial charge in [-0.3, -0.25) is 4.98 Å². The van der Waals surface area contributed by atoms with Crippen molar-refractivity contribution in [2.45, 2.75) is 0 Å². The van der Waals surface area contributed by atoms with Gasteiger partial charge in [-0.2, -0.15) is 4.98 Å². The predicted octanol–water partition coefficient (Wildman–Crippen LogP) is 3.16. The largest absolute Gasteiger partial charge is 0.335 e. The molecule has 1 aromatic carbocycles. The van der Waals surface area contributed by atoms with Crippen molar-refractivity contribution in [2.24, 2.45) is 0 Å². The van der Waals surface area contributed by atoms with Crippen LogP contribution in [0.2, 0.25) is 0 Å². The first-order valence-corrected chi connectivity index (χ1v) is 6.84. The smallest absolute Gasteiger partial charge is 0.229 e. The summed E-state index contributed by atoms with van der Waals surface area (Å²) in [6, 6.07) is 13.6. The van der Waals surface area contributed by atoms with Gasteiger partial charge in [0.1, 0.15) is 11.3 Å². The van der Waals surface area contributed by atoms with Crippen molar-refractivity contribution >= 4 is 22.8 Å². The zero-order valence-electron chi connectivity index (χ0n) is 11.6. The number of rotatable bonds is 3. The summed E-state index contributed by atoms with van der Waals surface area (Å²) in [6.45, 7) is 0. The van der Waals surface area contributed by atoms with Crippen molar-refractivity contribution in [3.8, 4) is 11.4 Å². The molecule has 4 rings (SSSR count). The quantitative estimate of drug-likeness (QED) is 0.605. The van der Waals surface area contributed by atoms with Gasteiger partial charge in [0.05, 0.1) is 6.20 Å². The Bertz CT molecular complexity index is 902. The number of anilines is 2. The molecule has 22 heavy (non-hydrogen) atoms. The first-order chi connectivity index (χ1) is 10.9. The molecule has 106 valence electrons. The van der Waals surface area contributed by atoms with E-state index in [4.69, 9.17) is 0 Å². The molecule has 0 saturated carbocycles. The molecule has 0 spiro atoms. The van der Waals surface area contributed by atoms with Gasteiger partial charge in [-0.1, -0.05) is 18.2 Å². The summed E-state index contributed by atoms with van der Waals surface area (Å²) in [7, 11) is 0. The fourth-order valence-electron chi connectivity index (χ4n) is 2.16. The number of hydrogen-bond donors (Lipinski definition) is 2. The van der Waals surface area contributed by atoms with Crippen molar-refractivity contribution in [3.63, 3.8) is 0 Å². The Balaban J connectivity index is 1.69. The second-order valence-corrected chi connectivity index (χ2v) is 4.75. The van der Waals surface area contributed by atoms with E-state index in [0.717, 1.165) is 22.6 Å². The van der Waals surface area contributed by atoms with Gasteiger partial charge < -0.3 is 10.3 Å². The van der Waals surface area contributed by atoms with Crippen LogP contribution in [0.25, 0.3) is 22.6 Å². The maximum atomic E-state index is 4.50. The first-order valence-electron chi connectivity index (χ1n) is 6.84. The lowest BCUT2D eigenvalue weighted by atomic mass is 10.3. The highest BCUT2D eigenvalue weighted by atomic mass is 15.1. The monoisotopic (exact) mass is 288 g/mol. The standard InChI is InChI=1S/C16H12N6/c1-2-6-12(7-3-1)19-16-18-10-13-15(22-16)21-14(20-13)11-5-4-8-17-9-11/h1-10H,(H2,18,19,20,21,22). The average Bonchev–Trinajstić information content (AvgIpc) is 3.00. The normalized spacial score (nSPS) is 10.7. The summed E-state index contributed by atoms with van der Waals surface area (Å²) in [5.41, 5.74) is 3.26. The number of fused-ring (bicyclic) bond motifs is 1. The Kier molecular flexibility index (Phi) is 2.97. The number of aromatic amines is 1. The molecule has 0 saturated heterocycles. The van der Waals surface area contributed by atoms with Gasteiger partial charge >= 0.3 is 0 Å². The average molecular weight is 288 g/mol. The molecule has 0 amide bonds. The first kappa shape index (κ1) is 12.5. The molecule has 6 heteroatoms. The Morgan fingerprint density at radius 2 is 1.82 bits per heavy atom. The van der Waals surface area contributed by atoms with Crippen LogP contribution >= 0.6 is 0 Å². The molecular weight excluding hydrogens is 276 g/mol. The second-order valence-electron chi connectivity index (χ2n) is 4.75. The number of benzene rings is 1. The number of aromatic nitrogens is 5. The van der Waals surface area contributed by atoms with Gasteiger partial charge in [0.2, 0.25) is 5.95 Å². The Morgan fingerprint density at radius 1 is 0.909 bits per heavy atom. The van der Waals surface area contributed by atoms with E-state index in [2.05, 4.69) is 30.2 Å². The molecule has 0 unspecified atom stereocenters. The molecule has 0 radical (unpaired) electrons. The van der Waals surface area contributed by atoms with Crippen molar-refractivity contribution in [3.05, 3.63) is 61.1 Å². The van der Waals surface area contributed by atoms with Crippen molar-refractivity contribution in [1.82, 2.24) is 24.9 Å². The minimum Gasteiger partial charge on any atom is -0.335 e. The van der Waals surface area contributed by atoms with Crippen LogP contribution < -0.4 is 5.32 Å². The van der Waals surface area contributed by atoms with E-state index in [1.165, 1.54) is 0 Å². The third-order valence-electron chi connectivity index (χ3n) is 3.20. The van der Waals surface area contributed by atoms with E-state index in [9.17, 15) is 0 Å². The van der Waals surface area contributed by atoms with Crippen LogP contribution in [-0.4, -0.2) is 24.9 Å². The highest BCUT2D eigenvalue weighted by Gasteiger charge is 2.08. The number of imidazole rings is 1. The number of pyridine rings is 1. The van der Waals surface area contributed by atoms with Gasteiger partial charge in [0, 0.05) is 23.6 Å². The zero-order chi connectivity index (χ0) is 14.8. The predicted molar refractivity (Wildman–Crippen MR) is 84.6 cm³/mol. The molecule has 0 aliphatic rings. The number of hydrogen-bond acceptors (Lipinski definition) is 5. The molecule has 3 heterocycles. The number of H-pyrrole nitrogens is 1. The summed E-state index contributed by atoms with van der Waals surface area (Å²) in [5, 5.41) is 3.16. The van der Waals surface area contributed by atoms with Gasteiger partial charge in [-0.05, 0) is 24.3 Å². The van der Waals surface area contributed by atoms with Crippen LogP contribution in [0.4, 0.5) is 11.6 Å². The fourth-order valence-corrected chi connectivity index (χ4v) is 2.16. The lowest BCUT2D eigenvalue weighted by molar-refractivity contribution is 1.19. The van der Waals surface area contributed by atoms with Gasteiger partial charge in [0.25, 0.3) is 0 Å². The molecule has 0 bridgehead atoms. The van der Waals surface area contributed by atoms with Gasteiger partial charge in [0.15, 0.2) is 5.65 Å². The SMILES string of the molecule is c1ccc(Nc2ncc3[nH]c(-c4cccnc4)nc3n2)cc1. The molecule has 0 atom stereocenters. The van der Waals surface area contributed by atoms with E-state index in [1.807, 2.05) is 42.5 Å². The minimum atomic E-state index is 0.517. The number of para-hydroxylation sites is 1. The lowest BCUT2D eigenvalue weighted by Gasteiger charge is -2.02. The molecule has 6 nitrogen and oxygen atoms in total. The van der Waals surface area contributed by atoms with Crippen LogP contribution in [-0.2, 0) is 0 Å². The molecular formula is C16H12N6. The molecule has 4 aromatic rings. The molecule has 3 aromatic heterocycles. The van der Waals surface area contributed by atoms with Crippen LogP contribution in [0, 0.1) is 0 Å². The summed E-state index contributed by atoms with van der Waals surface area (Å²) in [4.78, 5) is 20.5. The van der Waals surface area contributed by atoms with Crippen LogP contribution in [0.5, 0.6) is 0 Å². The highest BCUT2D eigenvalue weighted by molar-refractivity contribution is 5.76. The Hall–Kier alpha value is -3.28. The summed E-state index contributed by atoms with van der Waals surface area (Å²) >= 11 is 0. The maximum absolute atomic E-state index is 4.50. The van der Waals surface area contributed by atoms with E-state index >= 15 is 0 Å². The van der Waals surface area contributed by atoms with Crippen LogP contribution in [0.3, 0.4) is 0 Å². The zero-order valence-corrected chi connectivity index (χ0v) is 11.6. The summed E-state index contributed by atoms with van der Waals surface area (Å²) in [6.07, 6.45) is 5.21. The lowest BCUT2D eigenvalue weighted by Crippen LogP contribution is -1.96. The van der Waals surface area contributed by atoms with Crippen molar-refractivity contribution in [2.75, 3.05) is 5.32 Å². The van der Waals surface area contributed by atoms with E-state index < -0.39 is 0 Å². The van der Waals surface area contributed by atoms with Crippen molar-refractivity contribution < 1.29 is 0 Å². The third-order valence-corrected chi connectivity index (χ3v) is 3.20. The molecule has 0 aliphatic heterocycles. The highest BCUT2D eigenvalue weighted by Crippen LogP contribution is 2.19. The fraction of sp³-hybridized carbons (Fsp3) is 0. The maximum Gasteiger partial charge on any atom is 0.229 e. The Morgan fingerprint density at radius 3 is 2.64 bits per heavy atom.